The summed E-state index contributed by atoms with van der Waals surface area (Å²) < 4.78 is 11.3. The van der Waals surface area contributed by atoms with Crippen LogP contribution in [0.25, 0.3) is 10.9 Å². The number of hydrogen-bond donors (Lipinski definition) is 2. The molecule has 3 rings (SSSR count). The van der Waals surface area contributed by atoms with Crippen LogP contribution in [0, 0.1) is 0 Å². The molecule has 1 aromatic heterocycles. The topological polar surface area (TPSA) is 46.3 Å². The largest absolute Gasteiger partial charge is 0.361 e. The number of hydrogen-bond acceptors (Lipinski definition) is 3. The lowest BCUT2D eigenvalue weighted by Gasteiger charge is -2.17. The van der Waals surface area contributed by atoms with Gasteiger partial charge in [0.15, 0.2) is 5.79 Å². The Balaban J connectivity index is 1.58. The molecule has 1 aliphatic rings. The number of nitrogens with one attached hydrogen (secondary N) is 2. The van der Waals surface area contributed by atoms with E-state index in [9.17, 15) is 0 Å². The summed E-state index contributed by atoms with van der Waals surface area (Å²) in [4.78, 5) is 3.24. The molecule has 2 aromatic rings. The first-order valence-corrected chi connectivity index (χ1v) is 7.19. The Morgan fingerprint density at radius 3 is 3.05 bits per heavy atom. The monoisotopic (exact) mass is 294 g/mol. The number of ether oxygens (including phenoxy) is 2. The Bertz CT molecular complexity index is 609. The van der Waals surface area contributed by atoms with Gasteiger partial charge in [0.1, 0.15) is 0 Å². The van der Waals surface area contributed by atoms with Crippen molar-refractivity contribution in [2.45, 2.75) is 32.3 Å². The summed E-state index contributed by atoms with van der Waals surface area (Å²) in [5, 5.41) is 5.36. The average Bonchev–Trinajstić information content (AvgIpc) is 2.93. The molecule has 0 aliphatic carbocycles. The predicted octanol–water partition coefficient (Wildman–Crippen LogP) is 3.06. The molecule has 4 nitrogen and oxygen atoms in total. The number of halogens is 1. The quantitative estimate of drug-likeness (QED) is 0.911. The molecule has 108 valence electrons. The molecular weight excluding hydrogens is 276 g/mol. The van der Waals surface area contributed by atoms with Crippen molar-refractivity contribution in [3.8, 4) is 0 Å². The van der Waals surface area contributed by atoms with E-state index in [1.807, 2.05) is 38.2 Å². The van der Waals surface area contributed by atoms with Crippen molar-refractivity contribution in [3.63, 3.8) is 0 Å². The minimum absolute atomic E-state index is 0.115. The first-order chi connectivity index (χ1) is 9.53. The third-order valence-electron chi connectivity index (χ3n) is 3.48. The first-order valence-electron chi connectivity index (χ1n) is 6.81. The van der Waals surface area contributed by atoms with Crippen LogP contribution in [-0.2, 0) is 16.0 Å². The standard InChI is InChI=1S/C15H19ClN2O2/c1-15(2)19-9-12(20-15)8-17-6-10-7-18-14-5-11(16)3-4-13(10)14/h3-5,7,12,17-18H,6,8-9H2,1-2H3. The second-order valence-electron chi connectivity index (χ2n) is 5.59. The summed E-state index contributed by atoms with van der Waals surface area (Å²) in [6.07, 6.45) is 2.13. The summed E-state index contributed by atoms with van der Waals surface area (Å²) in [7, 11) is 0. The van der Waals surface area contributed by atoms with E-state index < -0.39 is 5.79 Å². The average molecular weight is 295 g/mol. The Morgan fingerprint density at radius 1 is 1.45 bits per heavy atom. The Labute approximate surface area is 123 Å². The van der Waals surface area contributed by atoms with E-state index in [-0.39, 0.29) is 6.10 Å². The van der Waals surface area contributed by atoms with Crippen LogP contribution in [0.4, 0.5) is 0 Å². The lowest BCUT2D eigenvalue weighted by atomic mass is 10.2. The Kier molecular flexibility index (Phi) is 3.73. The van der Waals surface area contributed by atoms with E-state index in [4.69, 9.17) is 21.1 Å². The van der Waals surface area contributed by atoms with Gasteiger partial charge in [-0.25, -0.2) is 0 Å². The van der Waals surface area contributed by atoms with Crippen molar-refractivity contribution in [2.24, 2.45) is 0 Å². The zero-order valence-corrected chi connectivity index (χ0v) is 12.5. The van der Waals surface area contributed by atoms with Gasteiger partial charge in [0.2, 0.25) is 0 Å². The molecule has 0 amide bonds. The number of H-pyrrole nitrogens is 1. The van der Waals surface area contributed by atoms with Gasteiger partial charge in [-0.1, -0.05) is 17.7 Å². The van der Waals surface area contributed by atoms with Crippen LogP contribution >= 0.6 is 11.6 Å². The zero-order chi connectivity index (χ0) is 14.2. The van der Waals surface area contributed by atoms with E-state index in [2.05, 4.69) is 10.3 Å². The molecule has 1 unspecified atom stereocenters. The molecule has 0 bridgehead atoms. The van der Waals surface area contributed by atoms with Crippen LogP contribution in [0.5, 0.6) is 0 Å². The van der Waals surface area contributed by atoms with Gasteiger partial charge < -0.3 is 19.8 Å². The van der Waals surface area contributed by atoms with E-state index >= 15 is 0 Å². The van der Waals surface area contributed by atoms with Gasteiger partial charge in [-0.3, -0.25) is 0 Å². The van der Waals surface area contributed by atoms with Crippen LogP contribution in [0.15, 0.2) is 24.4 Å². The molecule has 1 aromatic carbocycles. The van der Waals surface area contributed by atoms with Crippen LogP contribution < -0.4 is 5.32 Å². The normalized spacial score (nSPS) is 21.6. The molecule has 1 fully saturated rings. The molecule has 2 N–H and O–H groups in total. The minimum Gasteiger partial charge on any atom is -0.361 e. The van der Waals surface area contributed by atoms with Gasteiger partial charge in [-0.05, 0) is 31.5 Å². The minimum atomic E-state index is -0.454. The van der Waals surface area contributed by atoms with Crippen LogP contribution in [0.3, 0.4) is 0 Å². The molecule has 2 heterocycles. The maximum Gasteiger partial charge on any atom is 0.163 e. The SMILES string of the molecule is CC1(C)OCC(CNCc2c[nH]c3cc(Cl)ccc23)O1. The second kappa shape index (κ2) is 5.37. The Morgan fingerprint density at radius 2 is 2.30 bits per heavy atom. The molecule has 1 aliphatic heterocycles. The highest BCUT2D eigenvalue weighted by molar-refractivity contribution is 6.31. The fourth-order valence-electron chi connectivity index (χ4n) is 2.54. The van der Waals surface area contributed by atoms with Crippen LogP contribution in [0.1, 0.15) is 19.4 Å². The van der Waals surface area contributed by atoms with Crippen LogP contribution in [-0.4, -0.2) is 30.0 Å². The summed E-state index contributed by atoms with van der Waals surface area (Å²) in [6.45, 7) is 6.10. The number of rotatable bonds is 4. The van der Waals surface area contributed by atoms with E-state index in [0.29, 0.717) is 6.61 Å². The molecule has 1 atom stereocenters. The highest BCUT2D eigenvalue weighted by atomic mass is 35.5. The third-order valence-corrected chi connectivity index (χ3v) is 3.72. The van der Waals surface area contributed by atoms with Crippen molar-refractivity contribution in [2.75, 3.05) is 13.2 Å². The smallest absolute Gasteiger partial charge is 0.163 e. The van der Waals surface area contributed by atoms with Gasteiger partial charge in [0.05, 0.1) is 12.7 Å². The molecule has 0 radical (unpaired) electrons. The van der Waals surface area contributed by atoms with Gasteiger partial charge >= 0.3 is 0 Å². The third kappa shape index (κ3) is 2.99. The van der Waals surface area contributed by atoms with Crippen molar-refractivity contribution in [3.05, 3.63) is 35.0 Å². The first kappa shape index (κ1) is 13.9. The summed E-state index contributed by atoms with van der Waals surface area (Å²) >= 11 is 5.98. The Hall–Kier alpha value is -1.07. The fourth-order valence-corrected chi connectivity index (χ4v) is 2.71. The summed E-state index contributed by atoms with van der Waals surface area (Å²) in [5.41, 5.74) is 2.30. The van der Waals surface area contributed by atoms with Gasteiger partial charge in [-0.2, -0.15) is 0 Å². The number of aromatic amines is 1. The van der Waals surface area contributed by atoms with Gasteiger partial charge in [0.25, 0.3) is 0 Å². The van der Waals surface area contributed by atoms with E-state index in [0.717, 1.165) is 23.6 Å². The lowest BCUT2D eigenvalue weighted by molar-refractivity contribution is -0.137. The van der Waals surface area contributed by atoms with Crippen molar-refractivity contribution >= 4 is 22.5 Å². The fraction of sp³-hybridized carbons (Fsp3) is 0.467. The summed E-state index contributed by atoms with van der Waals surface area (Å²) in [6, 6.07) is 5.90. The van der Waals surface area contributed by atoms with Gasteiger partial charge in [-0.15, -0.1) is 0 Å². The summed E-state index contributed by atoms with van der Waals surface area (Å²) in [5.74, 6) is -0.454. The molecular formula is C15H19ClN2O2. The van der Waals surface area contributed by atoms with Crippen LogP contribution in [0.2, 0.25) is 5.02 Å². The molecule has 20 heavy (non-hydrogen) atoms. The molecule has 5 heteroatoms. The molecule has 0 spiro atoms. The molecule has 1 saturated heterocycles. The maximum atomic E-state index is 5.98. The maximum absolute atomic E-state index is 5.98. The van der Waals surface area contributed by atoms with Crippen molar-refractivity contribution < 1.29 is 9.47 Å². The number of aromatic nitrogens is 1. The number of benzene rings is 1. The lowest BCUT2D eigenvalue weighted by Crippen LogP contribution is -2.30. The zero-order valence-electron chi connectivity index (χ0n) is 11.7. The predicted molar refractivity (Wildman–Crippen MR) is 79.9 cm³/mol. The van der Waals surface area contributed by atoms with E-state index in [1.54, 1.807) is 0 Å². The number of fused-ring (bicyclic) bond motifs is 1. The van der Waals surface area contributed by atoms with E-state index in [1.165, 1.54) is 10.9 Å². The highest BCUT2D eigenvalue weighted by Crippen LogP contribution is 2.23. The second-order valence-corrected chi connectivity index (χ2v) is 6.02. The highest BCUT2D eigenvalue weighted by Gasteiger charge is 2.32. The molecule has 0 saturated carbocycles. The van der Waals surface area contributed by atoms with Crippen molar-refractivity contribution in [1.82, 2.24) is 10.3 Å². The van der Waals surface area contributed by atoms with Gasteiger partial charge in [0, 0.05) is 35.2 Å². The van der Waals surface area contributed by atoms with Crippen molar-refractivity contribution in [1.29, 1.82) is 0 Å².